The van der Waals surface area contributed by atoms with Crippen molar-refractivity contribution < 1.29 is 53.4 Å². The van der Waals surface area contributed by atoms with Crippen molar-refractivity contribution in [1.29, 1.82) is 0 Å². The van der Waals surface area contributed by atoms with Gasteiger partial charge in [-0.25, -0.2) is 8.78 Å². The predicted octanol–water partition coefficient (Wildman–Crippen LogP) is 4.30. The number of aryl methyl sites for hydroxylation is 1. The van der Waals surface area contributed by atoms with Gasteiger partial charge in [0, 0.05) is 6.54 Å². The third-order valence-electron chi connectivity index (χ3n) is 9.95. The Labute approximate surface area is 318 Å². The van der Waals surface area contributed by atoms with Gasteiger partial charge in [-0.05, 0) is 36.6 Å². The van der Waals surface area contributed by atoms with E-state index in [0.717, 1.165) is 48.9 Å². The number of ether oxygens (including phenoxy) is 2. The molecule has 3 rings (SSSR count). The molecule has 1 aliphatic heterocycles. The molecule has 8 atom stereocenters. The van der Waals surface area contributed by atoms with Crippen molar-refractivity contribution in [2.45, 2.75) is 159 Å². The van der Waals surface area contributed by atoms with Crippen molar-refractivity contribution in [2.24, 2.45) is 0 Å². The molecule has 1 fully saturated rings. The topological polar surface area (TPSA) is 178 Å². The van der Waals surface area contributed by atoms with Crippen LogP contribution in [0.3, 0.4) is 0 Å². The number of halogens is 2. The van der Waals surface area contributed by atoms with E-state index in [2.05, 4.69) is 17.6 Å². The molecule has 2 aromatic rings. The van der Waals surface area contributed by atoms with E-state index < -0.39 is 73.1 Å². The van der Waals surface area contributed by atoms with Crippen LogP contribution >= 0.6 is 0 Å². The Hall–Kier alpha value is -3.04. The van der Waals surface area contributed by atoms with Crippen LogP contribution < -0.4 is 10.6 Å². The number of carbonyl (C=O) groups is 2. The Kier molecular flexibility index (Phi) is 20.5. The summed E-state index contributed by atoms with van der Waals surface area (Å²) in [6, 6.07) is 9.19. The van der Waals surface area contributed by atoms with Crippen LogP contribution in [0.1, 0.15) is 107 Å². The van der Waals surface area contributed by atoms with Crippen LogP contribution in [0.4, 0.5) is 8.78 Å². The monoisotopic (exact) mass is 764 g/mol. The van der Waals surface area contributed by atoms with Gasteiger partial charge in [0.2, 0.25) is 11.8 Å². The van der Waals surface area contributed by atoms with Crippen molar-refractivity contribution in [2.75, 3.05) is 13.2 Å². The first-order valence-corrected chi connectivity index (χ1v) is 19.6. The summed E-state index contributed by atoms with van der Waals surface area (Å²) in [7, 11) is 0. The molecule has 1 heterocycles. The summed E-state index contributed by atoms with van der Waals surface area (Å²) >= 11 is 0. The molecule has 2 aromatic carbocycles. The minimum Gasteiger partial charge on any atom is -0.390 e. The molecule has 0 aromatic heterocycles. The predicted molar refractivity (Wildman–Crippen MR) is 200 cm³/mol. The number of amides is 2. The number of carbonyl (C=O) groups excluding carboxylic acids is 2. The first-order valence-electron chi connectivity index (χ1n) is 19.6. The number of benzene rings is 2. The second-order valence-electron chi connectivity index (χ2n) is 14.6. The van der Waals surface area contributed by atoms with E-state index in [1.54, 1.807) is 0 Å². The van der Waals surface area contributed by atoms with E-state index in [4.69, 9.17) is 9.47 Å². The van der Waals surface area contributed by atoms with Crippen LogP contribution in [0.15, 0.2) is 42.5 Å². The fourth-order valence-corrected chi connectivity index (χ4v) is 6.54. The summed E-state index contributed by atoms with van der Waals surface area (Å²) in [6.07, 6.45) is 2.99. The van der Waals surface area contributed by atoms with Crippen LogP contribution in [0.2, 0.25) is 0 Å². The summed E-state index contributed by atoms with van der Waals surface area (Å²) in [5.74, 6) is -3.23. The van der Waals surface area contributed by atoms with Gasteiger partial charge in [0.15, 0.2) is 17.9 Å². The second kappa shape index (κ2) is 24.5. The molecule has 1 aliphatic rings. The highest BCUT2D eigenvalue weighted by atomic mass is 19.2. The Morgan fingerprint density at radius 3 is 1.94 bits per heavy atom. The Morgan fingerprint density at radius 1 is 0.759 bits per heavy atom. The molecule has 0 aliphatic carbocycles. The average Bonchev–Trinajstić information content (AvgIpc) is 3.15. The molecule has 0 bridgehead atoms. The van der Waals surface area contributed by atoms with Gasteiger partial charge in [0.1, 0.15) is 30.5 Å². The number of hydrogen-bond acceptors (Lipinski definition) is 9. The summed E-state index contributed by atoms with van der Waals surface area (Å²) in [6.45, 7) is 3.42. The van der Waals surface area contributed by atoms with Gasteiger partial charge in [-0.3, -0.25) is 9.59 Å². The van der Waals surface area contributed by atoms with Gasteiger partial charge in [-0.1, -0.05) is 120 Å². The van der Waals surface area contributed by atoms with Gasteiger partial charge in [-0.2, -0.15) is 0 Å². The zero-order chi connectivity index (χ0) is 39.5. The maximum absolute atomic E-state index is 13.8. The van der Waals surface area contributed by atoms with Crippen molar-refractivity contribution in [1.82, 2.24) is 10.6 Å². The van der Waals surface area contributed by atoms with Gasteiger partial charge < -0.3 is 45.6 Å². The summed E-state index contributed by atoms with van der Waals surface area (Å²) in [5.41, 5.74) is 1.99. The van der Waals surface area contributed by atoms with Crippen LogP contribution in [0.5, 0.6) is 0 Å². The average molecular weight is 765 g/mol. The van der Waals surface area contributed by atoms with E-state index in [-0.39, 0.29) is 37.3 Å². The van der Waals surface area contributed by atoms with Gasteiger partial charge in [0.25, 0.3) is 0 Å². The van der Waals surface area contributed by atoms with Gasteiger partial charge in [-0.15, -0.1) is 0 Å². The minimum atomic E-state index is -1.74. The summed E-state index contributed by atoms with van der Waals surface area (Å²) in [5, 5.41) is 59.2. The number of rotatable bonds is 25. The van der Waals surface area contributed by atoms with E-state index >= 15 is 0 Å². The molecule has 11 nitrogen and oxygen atoms in total. The Balaban J connectivity index is 1.55. The van der Waals surface area contributed by atoms with E-state index in [0.29, 0.717) is 6.42 Å². The zero-order valence-electron chi connectivity index (χ0n) is 31.8. The highest BCUT2D eigenvalue weighted by Gasteiger charge is 2.45. The van der Waals surface area contributed by atoms with Crippen LogP contribution in [-0.2, 0) is 31.9 Å². The van der Waals surface area contributed by atoms with Crippen molar-refractivity contribution in [3.8, 4) is 0 Å². The third kappa shape index (κ3) is 16.0. The highest BCUT2D eigenvalue weighted by Crippen LogP contribution is 2.23. The van der Waals surface area contributed by atoms with E-state index in [9.17, 15) is 43.9 Å². The molecule has 1 saturated heterocycles. The van der Waals surface area contributed by atoms with Crippen LogP contribution in [-0.4, -0.2) is 99.5 Å². The molecule has 0 unspecified atom stereocenters. The highest BCUT2D eigenvalue weighted by molar-refractivity contribution is 5.79. The zero-order valence-corrected chi connectivity index (χ0v) is 31.8. The molecule has 7 N–H and O–H groups in total. The van der Waals surface area contributed by atoms with Gasteiger partial charge in [0.05, 0.1) is 31.6 Å². The molecular weight excluding hydrogens is 702 g/mol. The first kappa shape index (κ1) is 45.4. The lowest BCUT2D eigenvalue weighted by Gasteiger charge is -2.41. The summed E-state index contributed by atoms with van der Waals surface area (Å²) in [4.78, 5) is 25.6. The molecule has 0 radical (unpaired) electrons. The minimum absolute atomic E-state index is 0.0691. The molecule has 0 spiro atoms. The lowest BCUT2D eigenvalue weighted by atomic mass is 9.98. The van der Waals surface area contributed by atoms with Crippen molar-refractivity contribution in [3.63, 3.8) is 0 Å². The van der Waals surface area contributed by atoms with Gasteiger partial charge >= 0.3 is 0 Å². The number of aliphatic hydroxyl groups is 5. The third-order valence-corrected chi connectivity index (χ3v) is 9.95. The smallest absolute Gasteiger partial charge is 0.224 e. The number of unbranched alkanes of at least 4 members (excludes halogenated alkanes) is 11. The summed E-state index contributed by atoms with van der Waals surface area (Å²) < 4.78 is 38.7. The number of aliphatic hydroxyl groups excluding tert-OH is 5. The lowest BCUT2D eigenvalue weighted by molar-refractivity contribution is -0.297. The second-order valence-corrected chi connectivity index (χ2v) is 14.6. The first-order chi connectivity index (χ1) is 25.9. The standard InChI is InChI=1S/C41H62F2N2O9/c1-3-4-5-6-7-8-9-10-11-12-13-14-15-33(46)37(49)32(45-36(48)24-29-20-21-30(42)31(43)22-29)26-53-41-40(52)39(51)38(50)34(54-41)25-44-35(47)23-28-18-16-27(2)17-19-28/h16-22,32-34,37-41,46,49-52H,3-15,23-26H2,1-2H3,(H,44,47)(H,45,48)/t32-,33+,34+,37-,38-,39-,40+,41-/m0/s1. The Morgan fingerprint density at radius 2 is 1.33 bits per heavy atom. The lowest BCUT2D eigenvalue weighted by Crippen LogP contribution is -2.61. The van der Waals surface area contributed by atoms with E-state index in [1.807, 2.05) is 31.2 Å². The molecule has 304 valence electrons. The SMILES string of the molecule is CCCCCCCCCCCCCC[C@@H](O)[C@@H](O)[C@H](CO[C@H]1O[C@H](CNC(=O)Cc2ccc(C)cc2)[C@H](O)[C@H](O)[C@H]1O)NC(=O)Cc1ccc(F)c(F)c1. The Bertz CT molecular complexity index is 1380. The normalized spacial score (nSPS) is 21.7. The van der Waals surface area contributed by atoms with Crippen LogP contribution in [0.25, 0.3) is 0 Å². The van der Waals surface area contributed by atoms with Crippen molar-refractivity contribution in [3.05, 3.63) is 70.8 Å². The van der Waals surface area contributed by atoms with E-state index in [1.165, 1.54) is 51.0 Å². The largest absolute Gasteiger partial charge is 0.390 e. The maximum Gasteiger partial charge on any atom is 0.224 e. The molecular formula is C41H62F2N2O9. The quantitative estimate of drug-likeness (QED) is 0.0727. The fourth-order valence-electron chi connectivity index (χ4n) is 6.54. The maximum atomic E-state index is 13.8. The molecule has 2 amide bonds. The van der Waals surface area contributed by atoms with Crippen molar-refractivity contribution >= 4 is 11.8 Å². The number of hydrogen-bond donors (Lipinski definition) is 7. The van der Waals surface area contributed by atoms with Crippen LogP contribution in [0, 0.1) is 18.6 Å². The molecule has 54 heavy (non-hydrogen) atoms. The molecule has 0 saturated carbocycles. The fraction of sp³-hybridized carbons (Fsp3) is 0.659. The molecule has 13 heteroatoms. The number of nitrogens with one attached hydrogen (secondary N) is 2.